The fourth-order valence-corrected chi connectivity index (χ4v) is 4.15. The number of alkyl halides is 3. The lowest BCUT2D eigenvalue weighted by Crippen LogP contribution is -2.52. The summed E-state index contributed by atoms with van der Waals surface area (Å²) in [5, 5.41) is 0. The van der Waals surface area contributed by atoms with Gasteiger partial charge in [-0.05, 0) is 35.9 Å². The van der Waals surface area contributed by atoms with Gasteiger partial charge in [-0.1, -0.05) is 12.1 Å². The molecule has 2 fully saturated rings. The number of hydrogen-bond donors (Lipinski definition) is 0. The Labute approximate surface area is 175 Å². The molecule has 3 aliphatic rings. The van der Waals surface area contributed by atoms with Gasteiger partial charge in [0.15, 0.2) is 11.5 Å². The van der Waals surface area contributed by atoms with E-state index >= 15 is 0 Å². The van der Waals surface area contributed by atoms with Crippen LogP contribution in [-0.2, 0) is 17.5 Å². The molecule has 1 unspecified atom stereocenters. The molecule has 3 aliphatic heterocycles. The minimum absolute atomic E-state index is 0.0680. The number of amides is 3. The summed E-state index contributed by atoms with van der Waals surface area (Å²) in [5.41, 5.74) is 0.00524. The van der Waals surface area contributed by atoms with Crippen LogP contribution in [0.2, 0.25) is 0 Å². The summed E-state index contributed by atoms with van der Waals surface area (Å²) < 4.78 is 49.9. The van der Waals surface area contributed by atoms with Crippen LogP contribution in [-0.4, -0.2) is 54.2 Å². The number of carbonyl (C=O) groups excluding carboxylic acids is 2. The lowest BCUT2D eigenvalue weighted by Gasteiger charge is -2.35. The molecule has 7 nitrogen and oxygen atoms in total. The maximum Gasteiger partial charge on any atom is 0.416 e. The molecule has 1 atom stereocenters. The number of nitrogens with zero attached hydrogens (tertiary/aromatic N) is 3. The van der Waals surface area contributed by atoms with Gasteiger partial charge < -0.3 is 14.4 Å². The number of anilines is 1. The second-order valence-corrected chi connectivity index (χ2v) is 7.64. The number of carbonyl (C=O) groups is 2. The first-order valence-electron chi connectivity index (χ1n) is 9.74. The highest BCUT2D eigenvalue weighted by Crippen LogP contribution is 2.35. The minimum atomic E-state index is -4.56. The number of halogens is 3. The fourth-order valence-electron chi connectivity index (χ4n) is 4.15. The predicted octanol–water partition coefficient (Wildman–Crippen LogP) is 3.09. The van der Waals surface area contributed by atoms with Crippen LogP contribution in [0, 0.1) is 0 Å². The minimum Gasteiger partial charge on any atom is -0.454 e. The largest absolute Gasteiger partial charge is 0.454 e. The average Bonchev–Trinajstić information content (AvgIpc) is 3.30. The molecule has 0 bridgehead atoms. The number of piperazine rings is 1. The van der Waals surface area contributed by atoms with Crippen LogP contribution in [0.3, 0.4) is 0 Å². The van der Waals surface area contributed by atoms with Crippen LogP contribution in [0.5, 0.6) is 11.5 Å². The van der Waals surface area contributed by atoms with Gasteiger partial charge in [-0.3, -0.25) is 9.69 Å². The first-order valence-corrected chi connectivity index (χ1v) is 9.74. The normalized spacial score (nSPS) is 21.1. The van der Waals surface area contributed by atoms with Crippen molar-refractivity contribution >= 4 is 17.6 Å². The Bertz CT molecular complexity index is 1060. The molecule has 10 heteroatoms. The Morgan fingerprint density at radius 2 is 1.81 bits per heavy atom. The number of benzene rings is 2. The van der Waals surface area contributed by atoms with E-state index in [2.05, 4.69) is 0 Å². The van der Waals surface area contributed by atoms with E-state index in [-0.39, 0.29) is 12.5 Å². The highest BCUT2D eigenvalue weighted by atomic mass is 19.4. The lowest BCUT2D eigenvalue weighted by atomic mass is 10.1. The zero-order chi connectivity index (χ0) is 21.8. The molecule has 0 N–H and O–H groups in total. The number of hydrogen-bond acceptors (Lipinski definition) is 5. The van der Waals surface area contributed by atoms with Gasteiger partial charge in [-0.2, -0.15) is 13.2 Å². The van der Waals surface area contributed by atoms with Gasteiger partial charge in [-0.15, -0.1) is 0 Å². The molecule has 5 rings (SSSR count). The molecule has 0 aliphatic carbocycles. The molecule has 0 spiro atoms. The van der Waals surface area contributed by atoms with Gasteiger partial charge >= 0.3 is 12.2 Å². The van der Waals surface area contributed by atoms with Crippen molar-refractivity contribution in [2.75, 3.05) is 31.3 Å². The van der Waals surface area contributed by atoms with Gasteiger partial charge in [0.1, 0.15) is 6.04 Å². The first-order chi connectivity index (χ1) is 14.8. The van der Waals surface area contributed by atoms with Crippen molar-refractivity contribution in [3.8, 4) is 11.5 Å². The number of imide groups is 1. The maximum absolute atomic E-state index is 13.1. The molecule has 2 saturated heterocycles. The Morgan fingerprint density at radius 1 is 1.00 bits per heavy atom. The quantitative estimate of drug-likeness (QED) is 0.697. The molecule has 0 aromatic heterocycles. The van der Waals surface area contributed by atoms with Crippen molar-refractivity contribution in [1.82, 2.24) is 9.80 Å². The van der Waals surface area contributed by atoms with Gasteiger partial charge in [0.25, 0.3) is 5.91 Å². The van der Waals surface area contributed by atoms with Crippen molar-refractivity contribution in [1.29, 1.82) is 0 Å². The molecular formula is C21H18F3N3O4. The SMILES string of the molecule is O=C1C2CN(Cc3ccc4c(c3)OCO4)CCN2C(=O)N1c1cccc(C(F)(F)F)c1. The Kier molecular flexibility index (Phi) is 4.54. The highest BCUT2D eigenvalue weighted by Gasteiger charge is 2.48. The van der Waals surface area contributed by atoms with E-state index in [4.69, 9.17) is 9.47 Å². The number of rotatable bonds is 3. The summed E-state index contributed by atoms with van der Waals surface area (Å²) in [5.74, 6) is 0.834. The molecule has 0 saturated carbocycles. The third-order valence-electron chi connectivity index (χ3n) is 5.68. The van der Waals surface area contributed by atoms with Gasteiger partial charge in [-0.25, -0.2) is 9.69 Å². The first kappa shape index (κ1) is 19.7. The van der Waals surface area contributed by atoms with Crippen molar-refractivity contribution in [2.24, 2.45) is 0 Å². The third kappa shape index (κ3) is 3.46. The van der Waals surface area contributed by atoms with Crippen molar-refractivity contribution in [3.05, 3.63) is 53.6 Å². The van der Waals surface area contributed by atoms with Crippen LogP contribution in [0.4, 0.5) is 23.7 Å². The Balaban J connectivity index is 1.33. The summed E-state index contributed by atoms with van der Waals surface area (Å²) in [6.07, 6.45) is -4.56. The second-order valence-electron chi connectivity index (χ2n) is 7.64. The third-order valence-corrected chi connectivity index (χ3v) is 5.68. The second kappa shape index (κ2) is 7.16. The van der Waals surface area contributed by atoms with Crippen LogP contribution in [0.1, 0.15) is 11.1 Å². The Morgan fingerprint density at radius 3 is 2.61 bits per heavy atom. The summed E-state index contributed by atoms with van der Waals surface area (Å²) in [4.78, 5) is 30.1. The van der Waals surface area contributed by atoms with Gasteiger partial charge in [0, 0.05) is 26.2 Å². The molecule has 162 valence electrons. The van der Waals surface area contributed by atoms with E-state index in [9.17, 15) is 22.8 Å². The van der Waals surface area contributed by atoms with Gasteiger partial charge in [0.05, 0.1) is 11.3 Å². The molecule has 31 heavy (non-hydrogen) atoms. The number of urea groups is 1. The van der Waals surface area contributed by atoms with E-state index in [1.807, 2.05) is 23.1 Å². The molecule has 2 aromatic carbocycles. The summed E-state index contributed by atoms with van der Waals surface area (Å²) >= 11 is 0. The smallest absolute Gasteiger partial charge is 0.416 e. The monoisotopic (exact) mass is 433 g/mol. The fraction of sp³-hybridized carbons (Fsp3) is 0.333. The van der Waals surface area contributed by atoms with Crippen LogP contribution < -0.4 is 14.4 Å². The molecule has 0 radical (unpaired) electrons. The van der Waals surface area contributed by atoms with Crippen molar-refractivity contribution in [3.63, 3.8) is 0 Å². The van der Waals surface area contributed by atoms with E-state index in [1.54, 1.807) is 0 Å². The standard InChI is InChI=1S/C21H18F3N3O4/c22-21(23,24)14-2-1-3-15(9-14)27-19(28)16-11-25(6-7-26(16)20(27)29)10-13-4-5-17-18(8-13)31-12-30-17/h1-5,8-9,16H,6-7,10-12H2. The highest BCUT2D eigenvalue weighted by molar-refractivity contribution is 6.21. The number of ether oxygens (including phenoxy) is 2. The van der Waals surface area contributed by atoms with Crippen LogP contribution in [0.15, 0.2) is 42.5 Å². The van der Waals surface area contributed by atoms with Crippen molar-refractivity contribution in [2.45, 2.75) is 18.8 Å². The summed E-state index contributed by atoms with van der Waals surface area (Å²) in [7, 11) is 0. The lowest BCUT2D eigenvalue weighted by molar-refractivity contribution is -0.137. The van der Waals surface area contributed by atoms with Crippen LogP contribution >= 0.6 is 0 Å². The topological polar surface area (TPSA) is 62.3 Å². The Hall–Kier alpha value is -3.27. The number of fused-ring (bicyclic) bond motifs is 2. The van der Waals surface area contributed by atoms with Gasteiger partial charge in [0.2, 0.25) is 6.79 Å². The predicted molar refractivity (Wildman–Crippen MR) is 103 cm³/mol. The van der Waals surface area contributed by atoms with E-state index in [0.717, 1.165) is 22.6 Å². The zero-order valence-electron chi connectivity index (χ0n) is 16.3. The summed E-state index contributed by atoms with van der Waals surface area (Å²) in [6.45, 7) is 1.89. The average molecular weight is 433 g/mol. The molecular weight excluding hydrogens is 415 g/mol. The maximum atomic E-state index is 13.1. The van der Waals surface area contributed by atoms with E-state index in [1.165, 1.54) is 17.0 Å². The molecule has 3 amide bonds. The molecule has 2 aromatic rings. The summed E-state index contributed by atoms with van der Waals surface area (Å²) in [6, 6.07) is 8.58. The van der Waals surface area contributed by atoms with Crippen LogP contribution in [0.25, 0.3) is 0 Å². The van der Waals surface area contributed by atoms with E-state index in [0.29, 0.717) is 37.7 Å². The zero-order valence-corrected chi connectivity index (χ0v) is 16.3. The molecule has 3 heterocycles. The van der Waals surface area contributed by atoms with Crippen molar-refractivity contribution < 1.29 is 32.2 Å². The van der Waals surface area contributed by atoms with E-state index < -0.39 is 29.7 Å².